The highest BCUT2D eigenvalue weighted by Crippen LogP contribution is 2.50. The predicted molar refractivity (Wildman–Crippen MR) is 182 cm³/mol. The average molecular weight is 781 g/mol. The van der Waals surface area contributed by atoms with E-state index in [1.807, 2.05) is 6.07 Å². The molecule has 0 radical (unpaired) electrons. The molecule has 20 heteroatoms. The zero-order chi connectivity index (χ0) is 39.3. The number of ether oxygens (including phenoxy) is 4. The van der Waals surface area contributed by atoms with Gasteiger partial charge in [0.05, 0.1) is 30.0 Å². The molecule has 0 amide bonds. The minimum Gasteiger partial charge on any atom is -0.464 e. The minimum absolute atomic E-state index is 0.0494. The van der Waals surface area contributed by atoms with Crippen molar-refractivity contribution in [2.75, 3.05) is 38.6 Å². The van der Waals surface area contributed by atoms with Crippen molar-refractivity contribution in [3.8, 4) is 11.8 Å². The molecule has 0 aliphatic carbocycles. The minimum atomic E-state index is -4.65. The molecule has 2 aliphatic heterocycles. The van der Waals surface area contributed by atoms with Crippen LogP contribution >= 0.6 is 7.75 Å². The number of aromatic nitrogens is 2. The van der Waals surface area contributed by atoms with Gasteiger partial charge in [0.2, 0.25) is 5.60 Å². The fourth-order valence-electron chi connectivity index (χ4n) is 6.25. The first kappa shape index (κ1) is 40.5. The van der Waals surface area contributed by atoms with E-state index in [0.29, 0.717) is 24.0 Å². The molecule has 5 rings (SSSR count). The Hall–Kier alpha value is -4.73. The number of para-hydroxylation sites is 1. The lowest BCUT2D eigenvalue weighted by molar-refractivity contribution is -0.166. The van der Waals surface area contributed by atoms with E-state index in [1.54, 1.807) is 36.4 Å². The number of nitrogens with one attached hydrogen (secondary N) is 1. The molecular formula is C34H40F3N6O10P. The van der Waals surface area contributed by atoms with E-state index in [4.69, 9.17) is 33.7 Å². The third-order valence-corrected chi connectivity index (χ3v) is 10.4. The standard InChI is InChI=1S/C34H40F3N6O10P/c1-21(32(46)48-17-24-12-15-42(16-13-24)19-34(35,36)37)41-54(47,53-25-7-5-4-6-8-25)49-20-33(18-38)31(51-23(3)45)30(50-22(2)44)29(52-33)28-10-9-27-26(39)11-14-40-43(27)28/h4-11,14,21,24,29-31H,12-13,15-17,19-20,39H2,1-3H3,(H,41,47)/t21-,29-,30-,31-,33+,54+/m0/s1. The Morgan fingerprint density at radius 1 is 1.11 bits per heavy atom. The first-order valence-electron chi connectivity index (χ1n) is 16.9. The number of piperidine rings is 1. The van der Waals surface area contributed by atoms with E-state index in [9.17, 15) is 37.4 Å². The molecule has 2 aromatic heterocycles. The monoisotopic (exact) mass is 780 g/mol. The van der Waals surface area contributed by atoms with Gasteiger partial charge in [0.1, 0.15) is 30.6 Å². The number of nitrogen functional groups attached to an aromatic ring is 1. The van der Waals surface area contributed by atoms with Crippen LogP contribution in [-0.4, -0.2) is 95.3 Å². The first-order chi connectivity index (χ1) is 25.5. The summed E-state index contributed by atoms with van der Waals surface area (Å²) >= 11 is 0. The van der Waals surface area contributed by atoms with Crippen molar-refractivity contribution in [2.45, 2.75) is 69.7 Å². The topological polar surface area (TPSA) is 206 Å². The molecule has 0 spiro atoms. The second-order valence-corrected chi connectivity index (χ2v) is 14.7. The fourth-order valence-corrected chi connectivity index (χ4v) is 7.77. The van der Waals surface area contributed by atoms with Crippen LogP contribution in [0.3, 0.4) is 0 Å². The number of fused-ring (bicyclic) bond motifs is 1. The number of alkyl halides is 3. The van der Waals surface area contributed by atoms with Crippen LogP contribution in [0.15, 0.2) is 54.7 Å². The summed E-state index contributed by atoms with van der Waals surface area (Å²) in [6.45, 7) is 1.87. The number of carbonyl (C=O) groups excluding carboxylic acids is 3. The Morgan fingerprint density at radius 3 is 2.43 bits per heavy atom. The van der Waals surface area contributed by atoms with E-state index >= 15 is 0 Å². The number of anilines is 1. The lowest BCUT2D eigenvalue weighted by Crippen LogP contribution is -2.49. The number of esters is 3. The molecular weight excluding hydrogens is 740 g/mol. The van der Waals surface area contributed by atoms with Crippen molar-refractivity contribution in [3.63, 3.8) is 0 Å². The van der Waals surface area contributed by atoms with Gasteiger partial charge < -0.3 is 29.2 Å². The van der Waals surface area contributed by atoms with Crippen LogP contribution in [0.25, 0.3) is 5.52 Å². The smallest absolute Gasteiger partial charge is 0.459 e. The van der Waals surface area contributed by atoms with Crippen LogP contribution in [-0.2, 0) is 42.4 Å². The summed E-state index contributed by atoms with van der Waals surface area (Å²) in [5.74, 6) is -2.67. The molecule has 2 aliphatic rings. The summed E-state index contributed by atoms with van der Waals surface area (Å²) in [5.41, 5.74) is 4.90. The van der Waals surface area contributed by atoms with Gasteiger partial charge in [0.25, 0.3) is 0 Å². The first-order valence-corrected chi connectivity index (χ1v) is 18.4. The molecule has 292 valence electrons. The van der Waals surface area contributed by atoms with Crippen LogP contribution in [0.5, 0.6) is 5.75 Å². The van der Waals surface area contributed by atoms with Crippen molar-refractivity contribution in [1.29, 1.82) is 5.26 Å². The van der Waals surface area contributed by atoms with Gasteiger partial charge >= 0.3 is 31.8 Å². The number of halogens is 3. The van der Waals surface area contributed by atoms with Gasteiger partial charge in [-0.15, -0.1) is 0 Å². The number of likely N-dealkylation sites (tertiary alicyclic amines) is 1. The van der Waals surface area contributed by atoms with E-state index in [-0.39, 0.29) is 37.1 Å². The van der Waals surface area contributed by atoms with Crippen LogP contribution in [0, 0.1) is 17.2 Å². The maximum Gasteiger partial charge on any atom is 0.459 e. The van der Waals surface area contributed by atoms with Crippen LogP contribution in [0.1, 0.15) is 45.4 Å². The van der Waals surface area contributed by atoms with Crippen LogP contribution in [0.4, 0.5) is 18.9 Å². The normalized spacial score (nSPS) is 23.9. The molecule has 3 aromatic rings. The lowest BCUT2D eigenvalue weighted by atomic mass is 9.95. The Morgan fingerprint density at radius 2 is 1.80 bits per heavy atom. The van der Waals surface area contributed by atoms with Crippen LogP contribution < -0.4 is 15.3 Å². The number of hydrogen-bond donors (Lipinski definition) is 2. The molecule has 1 aromatic carbocycles. The number of nitrogens with two attached hydrogens (primary N) is 1. The van der Waals surface area contributed by atoms with E-state index < -0.39 is 74.9 Å². The Balaban J connectivity index is 1.37. The van der Waals surface area contributed by atoms with Crippen molar-refractivity contribution >= 4 is 36.9 Å². The number of nitriles is 1. The number of rotatable bonds is 14. The highest BCUT2D eigenvalue weighted by atomic mass is 31.2. The number of carbonyl (C=O) groups is 3. The quantitative estimate of drug-likeness (QED) is 0.134. The SMILES string of the molecule is CC(=O)O[C@H]1[C@H](c2ccc3c(N)ccnn23)O[C@](C#N)(CO[P@](=O)(N[C@@H](C)C(=O)OCC2CCN(CC(F)(F)F)CC2)Oc2ccccc2)[C@H]1OC(C)=O. The third kappa shape index (κ3) is 9.87. The van der Waals surface area contributed by atoms with Gasteiger partial charge in [-0.3, -0.25) is 23.8 Å². The Kier molecular flexibility index (Phi) is 12.5. The van der Waals surface area contributed by atoms with Crippen molar-refractivity contribution in [2.24, 2.45) is 5.92 Å². The molecule has 6 atom stereocenters. The molecule has 4 heterocycles. The third-order valence-electron chi connectivity index (χ3n) is 8.78. The zero-order valence-electron chi connectivity index (χ0n) is 29.6. The molecule has 54 heavy (non-hydrogen) atoms. The summed E-state index contributed by atoms with van der Waals surface area (Å²) in [6.07, 6.45) is -6.52. The number of nitrogens with zero attached hydrogens (tertiary/aromatic N) is 4. The van der Waals surface area contributed by atoms with Gasteiger partial charge in [0, 0.05) is 20.0 Å². The largest absolute Gasteiger partial charge is 0.464 e. The molecule has 0 saturated carbocycles. The van der Waals surface area contributed by atoms with Gasteiger partial charge in [-0.05, 0) is 69.1 Å². The van der Waals surface area contributed by atoms with Gasteiger partial charge in [-0.1, -0.05) is 18.2 Å². The van der Waals surface area contributed by atoms with Gasteiger partial charge in [-0.25, -0.2) is 9.08 Å². The van der Waals surface area contributed by atoms with Gasteiger partial charge in [0.15, 0.2) is 12.2 Å². The predicted octanol–water partition coefficient (Wildman–Crippen LogP) is 4.11. The highest BCUT2D eigenvalue weighted by Gasteiger charge is 2.62. The maximum absolute atomic E-state index is 14.4. The summed E-state index contributed by atoms with van der Waals surface area (Å²) < 4.78 is 88.5. The van der Waals surface area contributed by atoms with Crippen LogP contribution in [0.2, 0.25) is 0 Å². The average Bonchev–Trinajstić information content (AvgIpc) is 3.66. The van der Waals surface area contributed by atoms with Crippen molar-refractivity contribution in [3.05, 3.63) is 60.4 Å². The molecule has 2 saturated heterocycles. The van der Waals surface area contributed by atoms with E-state index in [0.717, 1.165) is 13.8 Å². The summed E-state index contributed by atoms with van der Waals surface area (Å²) in [6, 6.07) is 13.1. The van der Waals surface area contributed by atoms with Gasteiger partial charge in [-0.2, -0.15) is 28.6 Å². The van der Waals surface area contributed by atoms with E-state index in [1.165, 1.54) is 34.7 Å². The highest BCUT2D eigenvalue weighted by molar-refractivity contribution is 7.52. The lowest BCUT2D eigenvalue weighted by Gasteiger charge is -2.32. The van der Waals surface area contributed by atoms with Crippen molar-refractivity contribution < 1.29 is 60.1 Å². The summed E-state index contributed by atoms with van der Waals surface area (Å²) in [5, 5.41) is 17.4. The van der Waals surface area contributed by atoms with E-state index in [2.05, 4.69) is 10.2 Å². The molecule has 3 N–H and O–H groups in total. The summed E-state index contributed by atoms with van der Waals surface area (Å²) in [7, 11) is -4.65. The molecule has 0 unspecified atom stereocenters. The van der Waals surface area contributed by atoms with Crippen molar-refractivity contribution in [1.82, 2.24) is 19.6 Å². The molecule has 2 fully saturated rings. The summed E-state index contributed by atoms with van der Waals surface area (Å²) in [4.78, 5) is 39.1. The second kappa shape index (κ2) is 16.7. The second-order valence-electron chi connectivity index (χ2n) is 13.0. The molecule has 16 nitrogen and oxygen atoms in total. The zero-order valence-corrected chi connectivity index (χ0v) is 30.5. The number of benzene rings is 1. The molecule has 0 bridgehead atoms. The Bertz CT molecular complexity index is 1900. The maximum atomic E-state index is 14.4. The Labute approximate surface area is 308 Å². The fraction of sp³-hybridized carbons (Fsp3) is 0.500. The number of hydrogen-bond acceptors (Lipinski definition) is 14.